The number of amides is 1. The Hall–Kier alpha value is -2.33. The van der Waals surface area contributed by atoms with Crippen molar-refractivity contribution in [3.63, 3.8) is 0 Å². The van der Waals surface area contributed by atoms with Gasteiger partial charge in [0, 0.05) is 17.7 Å². The van der Waals surface area contributed by atoms with Gasteiger partial charge in [-0.1, -0.05) is 36.4 Å². The molecule has 1 amide bonds. The lowest BCUT2D eigenvalue weighted by molar-refractivity contribution is -0.116. The molecule has 0 saturated carbocycles. The van der Waals surface area contributed by atoms with Crippen LogP contribution in [-0.4, -0.2) is 12.5 Å². The van der Waals surface area contributed by atoms with Crippen LogP contribution < -0.4 is 15.8 Å². The highest BCUT2D eigenvalue weighted by atomic mass is 16.5. The van der Waals surface area contributed by atoms with Crippen molar-refractivity contribution in [3.05, 3.63) is 59.7 Å². The quantitative estimate of drug-likeness (QED) is 0.761. The number of nitrogens with two attached hydrogens (primary N) is 1. The van der Waals surface area contributed by atoms with Crippen molar-refractivity contribution in [3.8, 4) is 5.75 Å². The summed E-state index contributed by atoms with van der Waals surface area (Å²) in [6, 6.07) is 16.2. The number of ether oxygens (including phenoxy) is 1. The summed E-state index contributed by atoms with van der Waals surface area (Å²) in [5.74, 6) is 0.941. The SMILES string of the molecule is NCCCCC(Oc1cccc2c1CCC(=O)N2)c1ccccc1. The fourth-order valence-electron chi connectivity index (χ4n) is 3.09. The van der Waals surface area contributed by atoms with E-state index < -0.39 is 0 Å². The molecule has 0 fully saturated rings. The van der Waals surface area contributed by atoms with Crippen molar-refractivity contribution in [2.45, 2.75) is 38.2 Å². The minimum absolute atomic E-state index is 0.00174. The van der Waals surface area contributed by atoms with E-state index in [9.17, 15) is 4.79 Å². The van der Waals surface area contributed by atoms with Crippen LogP contribution in [-0.2, 0) is 11.2 Å². The Balaban J connectivity index is 1.82. The third kappa shape index (κ3) is 3.95. The van der Waals surface area contributed by atoms with Crippen LogP contribution >= 0.6 is 0 Å². The highest BCUT2D eigenvalue weighted by Crippen LogP contribution is 2.35. The first-order valence-corrected chi connectivity index (χ1v) is 8.61. The average Bonchev–Trinajstić information content (AvgIpc) is 2.61. The first kappa shape index (κ1) is 16.5. The molecule has 4 nitrogen and oxygen atoms in total. The predicted octanol–water partition coefficient (Wildman–Crippen LogP) is 3.82. The molecule has 1 aliphatic heterocycles. The Morgan fingerprint density at radius 3 is 2.67 bits per heavy atom. The molecule has 1 aliphatic rings. The van der Waals surface area contributed by atoms with E-state index in [1.807, 2.05) is 36.4 Å². The minimum atomic E-state index is 0.00174. The number of benzene rings is 2. The monoisotopic (exact) mass is 324 g/mol. The number of hydrogen-bond acceptors (Lipinski definition) is 3. The number of unbranched alkanes of at least 4 members (excludes halogenated alkanes) is 1. The number of carbonyl (C=O) groups excluding carboxylic acids is 1. The lowest BCUT2D eigenvalue weighted by atomic mass is 10.0. The number of rotatable bonds is 7. The van der Waals surface area contributed by atoms with E-state index in [4.69, 9.17) is 10.5 Å². The van der Waals surface area contributed by atoms with Crippen LogP contribution in [0.4, 0.5) is 5.69 Å². The lowest BCUT2D eigenvalue weighted by Crippen LogP contribution is -2.20. The molecule has 0 spiro atoms. The highest BCUT2D eigenvalue weighted by molar-refractivity contribution is 5.94. The van der Waals surface area contributed by atoms with Gasteiger partial charge in [-0.3, -0.25) is 4.79 Å². The second-order valence-corrected chi connectivity index (χ2v) is 6.13. The molecule has 2 aromatic carbocycles. The summed E-state index contributed by atoms with van der Waals surface area (Å²) >= 11 is 0. The van der Waals surface area contributed by atoms with E-state index in [1.165, 1.54) is 5.56 Å². The van der Waals surface area contributed by atoms with Crippen molar-refractivity contribution in [1.82, 2.24) is 0 Å². The number of anilines is 1. The molecule has 24 heavy (non-hydrogen) atoms. The molecule has 0 aromatic heterocycles. The van der Waals surface area contributed by atoms with E-state index in [0.717, 1.165) is 42.7 Å². The third-order valence-corrected chi connectivity index (χ3v) is 4.37. The maximum Gasteiger partial charge on any atom is 0.224 e. The van der Waals surface area contributed by atoms with E-state index in [2.05, 4.69) is 17.4 Å². The molecule has 0 bridgehead atoms. The van der Waals surface area contributed by atoms with Gasteiger partial charge in [0.05, 0.1) is 0 Å². The molecule has 1 unspecified atom stereocenters. The number of nitrogens with one attached hydrogen (secondary N) is 1. The van der Waals surface area contributed by atoms with Crippen molar-refractivity contribution in [2.24, 2.45) is 5.73 Å². The largest absolute Gasteiger partial charge is 0.485 e. The van der Waals surface area contributed by atoms with Crippen LogP contribution in [0, 0.1) is 0 Å². The van der Waals surface area contributed by atoms with Crippen LogP contribution in [0.1, 0.15) is 42.9 Å². The first-order chi connectivity index (χ1) is 11.8. The Bertz CT molecular complexity index is 685. The molecule has 0 radical (unpaired) electrons. The molecule has 126 valence electrons. The summed E-state index contributed by atoms with van der Waals surface area (Å²) in [6.07, 6.45) is 4.19. The topological polar surface area (TPSA) is 64.3 Å². The highest BCUT2D eigenvalue weighted by Gasteiger charge is 2.21. The van der Waals surface area contributed by atoms with Crippen molar-refractivity contribution < 1.29 is 9.53 Å². The lowest BCUT2D eigenvalue weighted by Gasteiger charge is -2.24. The number of carbonyl (C=O) groups is 1. The van der Waals surface area contributed by atoms with Crippen LogP contribution in [0.5, 0.6) is 5.75 Å². The molecular weight excluding hydrogens is 300 g/mol. The molecule has 4 heteroatoms. The molecule has 1 atom stereocenters. The Morgan fingerprint density at radius 2 is 1.88 bits per heavy atom. The maximum absolute atomic E-state index is 11.6. The number of fused-ring (bicyclic) bond motifs is 1. The van der Waals surface area contributed by atoms with Gasteiger partial charge in [0.25, 0.3) is 0 Å². The molecule has 3 rings (SSSR count). The molecule has 2 aromatic rings. The Morgan fingerprint density at radius 1 is 1.04 bits per heavy atom. The number of hydrogen-bond donors (Lipinski definition) is 2. The van der Waals surface area contributed by atoms with Crippen molar-refractivity contribution in [2.75, 3.05) is 11.9 Å². The van der Waals surface area contributed by atoms with Gasteiger partial charge in [0.1, 0.15) is 11.9 Å². The molecule has 0 aliphatic carbocycles. The summed E-state index contributed by atoms with van der Waals surface area (Å²) in [5, 5.41) is 2.93. The zero-order valence-electron chi connectivity index (χ0n) is 13.8. The average molecular weight is 324 g/mol. The smallest absolute Gasteiger partial charge is 0.224 e. The van der Waals surface area contributed by atoms with Crippen molar-refractivity contribution >= 4 is 11.6 Å². The van der Waals surface area contributed by atoms with Crippen molar-refractivity contribution in [1.29, 1.82) is 0 Å². The van der Waals surface area contributed by atoms with Crippen LogP contribution in [0.3, 0.4) is 0 Å². The van der Waals surface area contributed by atoms with Gasteiger partial charge in [-0.25, -0.2) is 0 Å². The second kappa shape index (κ2) is 7.97. The van der Waals surface area contributed by atoms with Gasteiger partial charge in [-0.05, 0) is 49.9 Å². The van der Waals surface area contributed by atoms with Crippen LogP contribution in [0.15, 0.2) is 48.5 Å². The Labute approximate surface area is 143 Å². The summed E-state index contributed by atoms with van der Waals surface area (Å²) < 4.78 is 6.39. The first-order valence-electron chi connectivity index (χ1n) is 8.61. The molecular formula is C20H24N2O2. The van der Waals surface area contributed by atoms with E-state index in [1.54, 1.807) is 0 Å². The van der Waals surface area contributed by atoms with Gasteiger partial charge in [-0.15, -0.1) is 0 Å². The van der Waals surface area contributed by atoms with Gasteiger partial charge >= 0.3 is 0 Å². The fourth-order valence-corrected chi connectivity index (χ4v) is 3.09. The zero-order chi connectivity index (χ0) is 16.8. The maximum atomic E-state index is 11.6. The zero-order valence-corrected chi connectivity index (χ0v) is 13.8. The standard InChI is InChI=1S/C20H24N2O2/c21-14-5-4-10-18(15-7-2-1-3-8-15)24-19-11-6-9-17-16(19)12-13-20(23)22-17/h1-3,6-9,11,18H,4-5,10,12-14,21H2,(H,22,23). The van der Waals surface area contributed by atoms with Gasteiger partial charge in [0.15, 0.2) is 0 Å². The summed E-state index contributed by atoms with van der Waals surface area (Å²) in [5.41, 5.74) is 8.77. The Kier molecular flexibility index (Phi) is 5.49. The van der Waals surface area contributed by atoms with E-state index >= 15 is 0 Å². The fraction of sp³-hybridized carbons (Fsp3) is 0.350. The minimum Gasteiger partial charge on any atom is -0.485 e. The molecule has 1 heterocycles. The van der Waals surface area contributed by atoms with Gasteiger partial charge < -0.3 is 15.8 Å². The summed E-state index contributed by atoms with van der Waals surface area (Å²) in [7, 11) is 0. The van der Waals surface area contributed by atoms with Gasteiger partial charge in [-0.2, -0.15) is 0 Å². The second-order valence-electron chi connectivity index (χ2n) is 6.13. The summed E-state index contributed by atoms with van der Waals surface area (Å²) in [4.78, 5) is 11.6. The third-order valence-electron chi connectivity index (χ3n) is 4.37. The summed E-state index contributed by atoms with van der Waals surface area (Å²) in [6.45, 7) is 0.703. The van der Waals surface area contributed by atoms with E-state index in [0.29, 0.717) is 13.0 Å². The molecule has 0 saturated heterocycles. The predicted molar refractivity (Wildman–Crippen MR) is 96.1 cm³/mol. The van der Waals surface area contributed by atoms with Gasteiger partial charge in [0.2, 0.25) is 5.91 Å². The van der Waals surface area contributed by atoms with Crippen LogP contribution in [0.2, 0.25) is 0 Å². The normalized spacial score (nSPS) is 14.6. The van der Waals surface area contributed by atoms with E-state index in [-0.39, 0.29) is 12.0 Å². The van der Waals surface area contributed by atoms with Crippen LogP contribution in [0.25, 0.3) is 0 Å². The molecule has 3 N–H and O–H groups in total.